The number of β-amino-alcohol motifs (C(OH)–C–C–N with tert-alkyl or cyclic N) is 1. The fraction of sp³-hybridized carbons (Fsp3) is 0.917. The molecule has 2 N–H and O–H groups in total. The van der Waals surface area contributed by atoms with Crippen LogP contribution < -0.4 is 0 Å². The van der Waals surface area contributed by atoms with Crippen LogP contribution in [0.1, 0.15) is 26.7 Å². The summed E-state index contributed by atoms with van der Waals surface area (Å²) in [4.78, 5) is 14.8. The molecule has 5 heteroatoms. The molecule has 0 bridgehead atoms. The molecular weight excluding hydrogens is 220 g/mol. The lowest BCUT2D eigenvalue weighted by atomic mass is 10.0. The van der Waals surface area contributed by atoms with E-state index < -0.39 is 11.6 Å². The van der Waals surface area contributed by atoms with E-state index in [-0.39, 0.29) is 6.54 Å². The van der Waals surface area contributed by atoms with Gasteiger partial charge in [0, 0.05) is 26.2 Å². The van der Waals surface area contributed by atoms with Gasteiger partial charge in [-0.15, -0.1) is 0 Å². The van der Waals surface area contributed by atoms with Crippen molar-refractivity contribution >= 4 is 5.97 Å². The van der Waals surface area contributed by atoms with E-state index in [1.165, 1.54) is 0 Å². The Hall–Kier alpha value is -0.650. The zero-order valence-corrected chi connectivity index (χ0v) is 10.9. The van der Waals surface area contributed by atoms with Crippen molar-refractivity contribution in [1.82, 2.24) is 9.80 Å². The Balaban J connectivity index is 2.39. The second kappa shape index (κ2) is 6.33. The Labute approximate surface area is 103 Å². The highest BCUT2D eigenvalue weighted by Crippen LogP contribution is 2.12. The zero-order valence-electron chi connectivity index (χ0n) is 10.9. The summed E-state index contributed by atoms with van der Waals surface area (Å²) in [5, 5.41) is 18.8. The van der Waals surface area contributed by atoms with Crippen LogP contribution in [-0.2, 0) is 4.79 Å². The van der Waals surface area contributed by atoms with E-state index in [1.54, 1.807) is 0 Å². The van der Waals surface area contributed by atoms with Crippen molar-refractivity contribution in [3.63, 3.8) is 0 Å². The van der Waals surface area contributed by atoms with Gasteiger partial charge in [-0.2, -0.15) is 0 Å². The van der Waals surface area contributed by atoms with E-state index in [4.69, 9.17) is 5.11 Å². The van der Waals surface area contributed by atoms with E-state index in [0.717, 1.165) is 39.0 Å². The van der Waals surface area contributed by atoms with Gasteiger partial charge in [0.1, 0.15) is 0 Å². The van der Waals surface area contributed by atoms with Crippen LogP contribution in [0.4, 0.5) is 0 Å². The summed E-state index contributed by atoms with van der Waals surface area (Å²) in [5.74, 6) is -0.765. The molecule has 1 rings (SSSR count). The first-order valence-electron chi connectivity index (χ1n) is 6.32. The largest absolute Gasteiger partial charge is 0.480 e. The van der Waals surface area contributed by atoms with Crippen molar-refractivity contribution in [1.29, 1.82) is 0 Å². The van der Waals surface area contributed by atoms with E-state index in [9.17, 15) is 9.90 Å². The van der Waals surface area contributed by atoms with Crippen molar-refractivity contribution in [3.05, 3.63) is 0 Å². The van der Waals surface area contributed by atoms with E-state index >= 15 is 0 Å². The fourth-order valence-corrected chi connectivity index (χ4v) is 2.13. The van der Waals surface area contributed by atoms with Crippen LogP contribution in [0.3, 0.4) is 0 Å². The quantitative estimate of drug-likeness (QED) is 0.725. The van der Waals surface area contributed by atoms with Gasteiger partial charge in [0.25, 0.3) is 0 Å². The maximum absolute atomic E-state index is 10.6. The standard InChI is InChI=1S/C12H24N2O3/c1-3-12(2,17)10-14-6-4-5-13(7-8-14)9-11(15)16/h17H,3-10H2,1-2H3,(H,15,16). The van der Waals surface area contributed by atoms with Crippen molar-refractivity contribution in [2.45, 2.75) is 32.3 Å². The Bertz CT molecular complexity index is 256. The summed E-state index contributed by atoms with van der Waals surface area (Å²) in [6, 6.07) is 0. The van der Waals surface area contributed by atoms with Gasteiger partial charge in [0.15, 0.2) is 0 Å². The minimum Gasteiger partial charge on any atom is -0.480 e. The van der Waals surface area contributed by atoms with Gasteiger partial charge >= 0.3 is 5.97 Å². The molecule has 0 radical (unpaired) electrons. The number of aliphatic carboxylic acids is 1. The molecule has 0 spiro atoms. The van der Waals surface area contributed by atoms with Crippen LogP contribution in [0.2, 0.25) is 0 Å². The SMILES string of the molecule is CCC(C)(O)CN1CCCN(CC(=O)O)CC1. The molecule has 1 unspecified atom stereocenters. The van der Waals surface area contributed by atoms with Crippen LogP contribution in [0.5, 0.6) is 0 Å². The van der Waals surface area contributed by atoms with Crippen LogP contribution in [0.25, 0.3) is 0 Å². The van der Waals surface area contributed by atoms with E-state index in [1.807, 2.05) is 18.7 Å². The van der Waals surface area contributed by atoms with Gasteiger partial charge < -0.3 is 10.2 Å². The van der Waals surface area contributed by atoms with Crippen molar-refractivity contribution in [2.75, 3.05) is 39.3 Å². The molecule has 0 aromatic rings. The monoisotopic (exact) mass is 244 g/mol. The molecule has 0 saturated carbocycles. The second-order valence-corrected chi connectivity index (χ2v) is 5.15. The smallest absolute Gasteiger partial charge is 0.317 e. The predicted octanol–water partition coefficient (Wildman–Crippen LogP) is 0.240. The fourth-order valence-electron chi connectivity index (χ4n) is 2.13. The molecule has 0 amide bonds. The van der Waals surface area contributed by atoms with Crippen molar-refractivity contribution < 1.29 is 15.0 Å². The normalized spacial score (nSPS) is 23.0. The van der Waals surface area contributed by atoms with Gasteiger partial charge in [-0.05, 0) is 26.3 Å². The molecule has 1 saturated heterocycles. The molecule has 0 aromatic carbocycles. The molecule has 0 aliphatic carbocycles. The number of carboxylic acid groups (broad SMARTS) is 1. The lowest BCUT2D eigenvalue weighted by Gasteiger charge is -2.29. The lowest BCUT2D eigenvalue weighted by Crippen LogP contribution is -2.42. The Morgan fingerprint density at radius 3 is 2.41 bits per heavy atom. The third-order valence-corrected chi connectivity index (χ3v) is 3.37. The van der Waals surface area contributed by atoms with E-state index in [2.05, 4.69) is 4.90 Å². The van der Waals surface area contributed by atoms with Gasteiger partial charge in [-0.25, -0.2) is 0 Å². The predicted molar refractivity (Wildman–Crippen MR) is 66.0 cm³/mol. The Morgan fingerprint density at radius 1 is 1.24 bits per heavy atom. The van der Waals surface area contributed by atoms with E-state index in [0.29, 0.717) is 6.54 Å². The summed E-state index contributed by atoms with van der Waals surface area (Å²) < 4.78 is 0. The second-order valence-electron chi connectivity index (χ2n) is 5.15. The maximum Gasteiger partial charge on any atom is 0.317 e. The van der Waals surface area contributed by atoms with Gasteiger partial charge in [0.2, 0.25) is 0 Å². The highest BCUT2D eigenvalue weighted by Gasteiger charge is 2.24. The average Bonchev–Trinajstić information content (AvgIpc) is 2.43. The summed E-state index contributed by atoms with van der Waals surface area (Å²) >= 11 is 0. The molecular formula is C12H24N2O3. The molecule has 1 atom stereocenters. The van der Waals surface area contributed by atoms with Crippen LogP contribution >= 0.6 is 0 Å². The number of carbonyl (C=O) groups is 1. The topological polar surface area (TPSA) is 64.0 Å². The summed E-state index contributed by atoms with van der Waals surface area (Å²) in [7, 11) is 0. The number of rotatable bonds is 5. The maximum atomic E-state index is 10.6. The first-order valence-corrected chi connectivity index (χ1v) is 6.32. The van der Waals surface area contributed by atoms with Crippen LogP contribution in [-0.4, -0.2) is 70.9 Å². The summed E-state index contributed by atoms with van der Waals surface area (Å²) in [5.41, 5.74) is -0.637. The summed E-state index contributed by atoms with van der Waals surface area (Å²) in [6.07, 6.45) is 1.70. The number of carboxylic acids is 1. The highest BCUT2D eigenvalue weighted by molar-refractivity contribution is 5.69. The van der Waals surface area contributed by atoms with Crippen molar-refractivity contribution in [3.8, 4) is 0 Å². The minimum absolute atomic E-state index is 0.123. The third kappa shape index (κ3) is 5.48. The van der Waals surface area contributed by atoms with Crippen molar-refractivity contribution in [2.24, 2.45) is 0 Å². The number of hydrogen-bond acceptors (Lipinski definition) is 4. The molecule has 0 aromatic heterocycles. The summed E-state index contributed by atoms with van der Waals surface area (Å²) in [6.45, 7) is 8.00. The molecule has 17 heavy (non-hydrogen) atoms. The Kier molecular flexibility index (Phi) is 5.36. The first-order chi connectivity index (χ1) is 7.93. The van der Waals surface area contributed by atoms with Gasteiger partial charge in [-0.1, -0.05) is 6.92 Å². The number of nitrogens with zero attached hydrogens (tertiary/aromatic N) is 2. The molecule has 5 nitrogen and oxygen atoms in total. The minimum atomic E-state index is -0.765. The molecule has 1 fully saturated rings. The zero-order chi connectivity index (χ0) is 12.9. The van der Waals surface area contributed by atoms with Crippen LogP contribution in [0.15, 0.2) is 0 Å². The number of hydrogen-bond donors (Lipinski definition) is 2. The molecule has 1 aliphatic heterocycles. The van der Waals surface area contributed by atoms with Crippen LogP contribution in [0, 0.1) is 0 Å². The lowest BCUT2D eigenvalue weighted by molar-refractivity contribution is -0.138. The molecule has 100 valence electrons. The molecule has 1 aliphatic rings. The first kappa shape index (κ1) is 14.4. The highest BCUT2D eigenvalue weighted by atomic mass is 16.4. The van der Waals surface area contributed by atoms with Gasteiger partial charge in [-0.3, -0.25) is 14.6 Å². The van der Waals surface area contributed by atoms with Gasteiger partial charge in [0.05, 0.1) is 12.1 Å². The number of aliphatic hydroxyl groups is 1. The molecule has 1 heterocycles. The average molecular weight is 244 g/mol. The third-order valence-electron chi connectivity index (χ3n) is 3.37. The Morgan fingerprint density at radius 2 is 1.82 bits per heavy atom.